The van der Waals surface area contributed by atoms with Gasteiger partial charge < -0.3 is 0 Å². The molecule has 80 valence electrons. The van der Waals surface area contributed by atoms with Gasteiger partial charge in [0.25, 0.3) is 0 Å². The molecule has 0 spiro atoms. The van der Waals surface area contributed by atoms with Crippen LogP contribution in [0.25, 0.3) is 0 Å². The maximum absolute atomic E-state index is 4.37. The zero-order chi connectivity index (χ0) is 11.1. The summed E-state index contributed by atoms with van der Waals surface area (Å²) in [7, 11) is 0. The fourth-order valence-electron chi connectivity index (χ4n) is 1.35. The maximum Gasteiger partial charge on any atom is 0.0655 e. The Morgan fingerprint density at radius 2 is 2.00 bits per heavy atom. The van der Waals surface area contributed by atoms with E-state index in [0.717, 1.165) is 17.0 Å². The third-order valence-corrected chi connectivity index (χ3v) is 2.49. The number of hydrogen-bond acceptors (Lipinski definition) is 2. The van der Waals surface area contributed by atoms with Gasteiger partial charge in [-0.05, 0) is 43.3 Å². The van der Waals surface area contributed by atoms with Crippen LogP contribution >= 0.6 is 12.6 Å². The van der Waals surface area contributed by atoms with Gasteiger partial charge in [0, 0.05) is 6.32 Å². The second-order valence-corrected chi connectivity index (χ2v) is 3.20. The molecule has 0 saturated heterocycles. The van der Waals surface area contributed by atoms with Crippen LogP contribution in [-0.4, -0.2) is 6.72 Å². The summed E-state index contributed by atoms with van der Waals surface area (Å²) in [6.07, 6.45) is 0.994. The molecule has 1 aromatic rings. The van der Waals surface area contributed by atoms with Crippen LogP contribution in [0.4, 0.5) is 5.69 Å². The van der Waals surface area contributed by atoms with Crippen LogP contribution < -0.4 is 0 Å². The SMILES string of the molecule is C=Nc1ccc(S)c(CC)c1C.CC.[HH]. The van der Waals surface area contributed by atoms with Crippen molar-refractivity contribution in [1.82, 2.24) is 0 Å². The Labute approximate surface area is 94.2 Å². The zero-order valence-electron chi connectivity index (χ0n) is 9.46. The van der Waals surface area contributed by atoms with Crippen molar-refractivity contribution in [3.63, 3.8) is 0 Å². The van der Waals surface area contributed by atoms with Gasteiger partial charge >= 0.3 is 0 Å². The van der Waals surface area contributed by atoms with Crippen LogP contribution in [0, 0.1) is 6.92 Å². The van der Waals surface area contributed by atoms with Gasteiger partial charge in [0.05, 0.1) is 5.69 Å². The van der Waals surface area contributed by atoms with E-state index in [-0.39, 0.29) is 1.43 Å². The minimum atomic E-state index is 0. The van der Waals surface area contributed by atoms with Crippen molar-refractivity contribution >= 4 is 25.0 Å². The van der Waals surface area contributed by atoms with Gasteiger partial charge in [-0.3, -0.25) is 4.99 Å². The standard InChI is InChI=1S/C10H13NS.C2H6.H2/c1-4-8-7(2)9(11-3)5-6-10(8)12;1-2;/h5-6,12H,3-4H2,1-2H3;1-2H3;1H. The van der Waals surface area contributed by atoms with E-state index in [0.29, 0.717) is 0 Å². The largest absolute Gasteiger partial charge is 0.264 e. The Morgan fingerprint density at radius 1 is 1.43 bits per heavy atom. The molecule has 0 aliphatic rings. The smallest absolute Gasteiger partial charge is 0.0655 e. The Balaban J connectivity index is 0. The molecular weight excluding hydrogens is 190 g/mol. The van der Waals surface area contributed by atoms with Gasteiger partial charge in [-0.2, -0.15) is 0 Å². The average Bonchev–Trinajstić information content (AvgIpc) is 2.22. The monoisotopic (exact) mass is 211 g/mol. The molecule has 0 bridgehead atoms. The average molecular weight is 211 g/mol. The molecule has 0 aromatic heterocycles. The van der Waals surface area contributed by atoms with Gasteiger partial charge in [-0.15, -0.1) is 12.6 Å². The van der Waals surface area contributed by atoms with Crippen molar-refractivity contribution in [2.45, 2.75) is 39.0 Å². The molecule has 0 radical (unpaired) electrons. The van der Waals surface area contributed by atoms with E-state index < -0.39 is 0 Å². The Morgan fingerprint density at radius 3 is 2.43 bits per heavy atom. The van der Waals surface area contributed by atoms with E-state index in [2.05, 4.69) is 38.2 Å². The highest BCUT2D eigenvalue weighted by atomic mass is 32.1. The summed E-state index contributed by atoms with van der Waals surface area (Å²) in [6.45, 7) is 11.7. The van der Waals surface area contributed by atoms with Gasteiger partial charge in [0.15, 0.2) is 0 Å². The molecule has 0 saturated carbocycles. The van der Waals surface area contributed by atoms with Gasteiger partial charge in [0.2, 0.25) is 0 Å². The molecular formula is C12H21NS. The number of benzene rings is 1. The second-order valence-electron chi connectivity index (χ2n) is 2.72. The topological polar surface area (TPSA) is 12.4 Å². The number of aliphatic imine (C=N–C) groups is 1. The summed E-state index contributed by atoms with van der Waals surface area (Å²) < 4.78 is 0. The van der Waals surface area contributed by atoms with Gasteiger partial charge in [0.1, 0.15) is 0 Å². The van der Waals surface area contributed by atoms with Crippen LogP contribution in [0.2, 0.25) is 0 Å². The summed E-state index contributed by atoms with van der Waals surface area (Å²) in [5, 5.41) is 0. The summed E-state index contributed by atoms with van der Waals surface area (Å²) in [5.74, 6) is 0. The molecule has 2 heteroatoms. The molecule has 1 aromatic carbocycles. The van der Waals surface area contributed by atoms with Crippen LogP contribution in [0.3, 0.4) is 0 Å². The molecule has 0 fully saturated rings. The normalized spacial score (nSPS) is 8.93. The third kappa shape index (κ3) is 2.88. The van der Waals surface area contributed by atoms with E-state index in [1.54, 1.807) is 0 Å². The number of thiol groups is 1. The van der Waals surface area contributed by atoms with Crippen molar-refractivity contribution in [3.05, 3.63) is 23.3 Å². The van der Waals surface area contributed by atoms with Gasteiger partial charge in [-0.1, -0.05) is 20.8 Å². The molecule has 0 N–H and O–H groups in total. The lowest BCUT2D eigenvalue weighted by Crippen LogP contribution is -1.88. The summed E-state index contributed by atoms with van der Waals surface area (Å²) in [6, 6.07) is 3.92. The predicted molar refractivity (Wildman–Crippen MR) is 70.5 cm³/mol. The van der Waals surface area contributed by atoms with Crippen LogP contribution in [0.5, 0.6) is 0 Å². The Bertz CT molecular complexity index is 311. The number of nitrogens with zero attached hydrogens (tertiary/aromatic N) is 1. The highest BCUT2D eigenvalue weighted by Crippen LogP contribution is 2.27. The number of rotatable bonds is 2. The first kappa shape index (κ1) is 13.2. The Hall–Kier alpha value is -0.760. The van der Waals surface area contributed by atoms with Crippen LogP contribution in [0.1, 0.15) is 33.3 Å². The first-order valence-electron chi connectivity index (χ1n) is 4.98. The molecule has 0 amide bonds. The van der Waals surface area contributed by atoms with Crippen LogP contribution in [-0.2, 0) is 6.42 Å². The first-order chi connectivity index (χ1) is 6.70. The highest BCUT2D eigenvalue weighted by molar-refractivity contribution is 7.80. The van der Waals surface area contributed by atoms with E-state index in [4.69, 9.17) is 0 Å². The fourth-order valence-corrected chi connectivity index (χ4v) is 1.75. The predicted octanol–water partition coefficient (Wildman–Crippen LogP) is 4.45. The minimum absolute atomic E-state index is 0. The molecule has 14 heavy (non-hydrogen) atoms. The van der Waals surface area contributed by atoms with Crippen molar-refractivity contribution in [3.8, 4) is 0 Å². The number of hydrogen-bond donors (Lipinski definition) is 1. The molecule has 1 rings (SSSR count). The van der Waals surface area contributed by atoms with Crippen molar-refractivity contribution in [2.75, 3.05) is 0 Å². The lowest BCUT2D eigenvalue weighted by atomic mass is 10.0. The van der Waals surface area contributed by atoms with E-state index in [9.17, 15) is 0 Å². The van der Waals surface area contributed by atoms with E-state index in [1.807, 2.05) is 26.0 Å². The Kier molecular flexibility index (Phi) is 6.30. The molecule has 0 aliphatic carbocycles. The summed E-state index contributed by atoms with van der Waals surface area (Å²) in [5.41, 5.74) is 3.42. The third-order valence-electron chi connectivity index (χ3n) is 2.07. The molecule has 1 nitrogen and oxygen atoms in total. The van der Waals surface area contributed by atoms with Crippen LogP contribution in [0.15, 0.2) is 22.0 Å². The lowest BCUT2D eigenvalue weighted by Gasteiger charge is -2.08. The van der Waals surface area contributed by atoms with Crippen molar-refractivity contribution in [2.24, 2.45) is 4.99 Å². The fraction of sp³-hybridized carbons (Fsp3) is 0.417. The quantitative estimate of drug-likeness (QED) is 0.548. The van der Waals surface area contributed by atoms with Crippen molar-refractivity contribution in [1.29, 1.82) is 0 Å². The summed E-state index contributed by atoms with van der Waals surface area (Å²) >= 11 is 4.37. The molecule has 0 atom stereocenters. The van der Waals surface area contributed by atoms with Crippen molar-refractivity contribution < 1.29 is 1.43 Å². The van der Waals surface area contributed by atoms with Gasteiger partial charge in [-0.25, -0.2) is 0 Å². The second kappa shape index (κ2) is 6.66. The molecule has 0 heterocycles. The minimum Gasteiger partial charge on any atom is -0.264 e. The highest BCUT2D eigenvalue weighted by Gasteiger charge is 2.04. The summed E-state index contributed by atoms with van der Waals surface area (Å²) in [4.78, 5) is 4.98. The molecule has 0 aliphatic heterocycles. The van der Waals surface area contributed by atoms with E-state index >= 15 is 0 Å². The van der Waals surface area contributed by atoms with E-state index in [1.165, 1.54) is 11.1 Å². The molecule has 0 unspecified atom stereocenters. The lowest BCUT2D eigenvalue weighted by molar-refractivity contribution is 1.05. The maximum atomic E-state index is 4.37. The zero-order valence-corrected chi connectivity index (χ0v) is 10.4. The first-order valence-corrected chi connectivity index (χ1v) is 5.43.